The van der Waals surface area contributed by atoms with Crippen molar-refractivity contribution >= 4 is 11.9 Å². The van der Waals surface area contributed by atoms with Crippen LogP contribution in [0.3, 0.4) is 0 Å². The molecule has 1 aliphatic rings. The van der Waals surface area contributed by atoms with Crippen LogP contribution in [0.5, 0.6) is 0 Å². The molecule has 0 aliphatic heterocycles. The predicted octanol–water partition coefficient (Wildman–Crippen LogP) is 2.40. The van der Waals surface area contributed by atoms with Crippen molar-refractivity contribution in [3.05, 3.63) is 58.5 Å². The molecule has 0 atom stereocenters. The molecule has 1 aliphatic carbocycles. The molecule has 1 aromatic heterocycles. The zero-order valence-corrected chi connectivity index (χ0v) is 11.4. The van der Waals surface area contributed by atoms with Gasteiger partial charge in [0, 0.05) is 5.56 Å². The molecule has 0 saturated heterocycles. The van der Waals surface area contributed by atoms with Crippen LogP contribution in [0.15, 0.2) is 34.7 Å². The minimum atomic E-state index is -1.12. The van der Waals surface area contributed by atoms with E-state index in [0.29, 0.717) is 11.3 Å². The Balaban J connectivity index is 1.64. The van der Waals surface area contributed by atoms with Gasteiger partial charge in [-0.3, -0.25) is 4.79 Å². The molecular weight excluding hydrogens is 270 g/mol. The molecule has 1 amide bonds. The molecule has 5 heteroatoms. The third kappa shape index (κ3) is 2.81. The summed E-state index contributed by atoms with van der Waals surface area (Å²) in [6, 6.07) is 8.69. The number of aryl methyl sites for hydroxylation is 2. The van der Waals surface area contributed by atoms with Gasteiger partial charge in [-0.25, -0.2) is 4.79 Å². The molecule has 1 aromatic carbocycles. The van der Waals surface area contributed by atoms with Crippen molar-refractivity contribution < 1.29 is 19.1 Å². The number of carbonyl (C=O) groups is 2. The van der Waals surface area contributed by atoms with Crippen LogP contribution in [0.4, 0.5) is 0 Å². The summed E-state index contributed by atoms with van der Waals surface area (Å²) >= 11 is 0. The number of rotatable bonds is 4. The fourth-order valence-corrected chi connectivity index (χ4v) is 2.57. The molecule has 0 bridgehead atoms. The third-order valence-electron chi connectivity index (χ3n) is 3.66. The molecule has 2 N–H and O–H groups in total. The molecule has 2 aromatic rings. The minimum Gasteiger partial charge on any atom is -0.475 e. The SMILES string of the molecule is O=C(NCc1ccc(C(=O)O)o1)c1ccc2c(c1)CCC2. The Kier molecular flexibility index (Phi) is 3.48. The highest BCUT2D eigenvalue weighted by molar-refractivity contribution is 5.94. The van der Waals surface area contributed by atoms with Crippen molar-refractivity contribution in [2.75, 3.05) is 0 Å². The summed E-state index contributed by atoms with van der Waals surface area (Å²) in [6.07, 6.45) is 3.25. The van der Waals surface area contributed by atoms with Gasteiger partial charge in [-0.2, -0.15) is 0 Å². The van der Waals surface area contributed by atoms with Gasteiger partial charge < -0.3 is 14.8 Å². The largest absolute Gasteiger partial charge is 0.475 e. The number of aromatic carboxylic acids is 1. The summed E-state index contributed by atoms with van der Waals surface area (Å²) < 4.78 is 5.09. The van der Waals surface area contributed by atoms with Gasteiger partial charge in [-0.15, -0.1) is 0 Å². The van der Waals surface area contributed by atoms with Crippen molar-refractivity contribution in [1.29, 1.82) is 0 Å². The van der Waals surface area contributed by atoms with E-state index in [4.69, 9.17) is 9.52 Å². The number of hydrogen-bond acceptors (Lipinski definition) is 3. The third-order valence-corrected chi connectivity index (χ3v) is 3.66. The van der Waals surface area contributed by atoms with E-state index >= 15 is 0 Å². The highest BCUT2D eigenvalue weighted by Gasteiger charge is 2.14. The van der Waals surface area contributed by atoms with Crippen LogP contribution in [-0.4, -0.2) is 17.0 Å². The lowest BCUT2D eigenvalue weighted by atomic mass is 10.1. The number of nitrogens with one attached hydrogen (secondary N) is 1. The molecule has 3 rings (SSSR count). The Morgan fingerprint density at radius 2 is 1.95 bits per heavy atom. The van der Waals surface area contributed by atoms with Gasteiger partial charge in [0.15, 0.2) is 0 Å². The highest BCUT2D eigenvalue weighted by atomic mass is 16.4. The zero-order valence-electron chi connectivity index (χ0n) is 11.4. The monoisotopic (exact) mass is 285 g/mol. The summed E-state index contributed by atoms with van der Waals surface area (Å²) in [4.78, 5) is 22.8. The number of hydrogen-bond donors (Lipinski definition) is 2. The van der Waals surface area contributed by atoms with E-state index in [1.807, 2.05) is 18.2 Å². The highest BCUT2D eigenvalue weighted by Crippen LogP contribution is 2.22. The molecule has 1 heterocycles. The van der Waals surface area contributed by atoms with Gasteiger partial charge in [0.25, 0.3) is 5.91 Å². The Hall–Kier alpha value is -2.56. The molecule has 0 unspecified atom stereocenters. The lowest BCUT2D eigenvalue weighted by Gasteiger charge is -2.05. The van der Waals surface area contributed by atoms with Gasteiger partial charge >= 0.3 is 5.97 Å². The lowest BCUT2D eigenvalue weighted by molar-refractivity contribution is 0.0660. The van der Waals surface area contributed by atoms with Crippen molar-refractivity contribution in [3.63, 3.8) is 0 Å². The summed E-state index contributed by atoms with van der Waals surface area (Å²) in [5.74, 6) is -1.01. The second-order valence-corrected chi connectivity index (χ2v) is 5.09. The Morgan fingerprint density at radius 1 is 1.14 bits per heavy atom. The van der Waals surface area contributed by atoms with E-state index in [-0.39, 0.29) is 18.2 Å². The van der Waals surface area contributed by atoms with Gasteiger partial charge in [-0.1, -0.05) is 6.07 Å². The summed E-state index contributed by atoms with van der Waals surface area (Å²) in [5.41, 5.74) is 3.19. The number of carbonyl (C=O) groups excluding carboxylic acids is 1. The molecule has 0 fully saturated rings. The fourth-order valence-electron chi connectivity index (χ4n) is 2.57. The molecule has 5 nitrogen and oxygen atoms in total. The average Bonchev–Trinajstić information content (AvgIpc) is 3.12. The van der Waals surface area contributed by atoms with E-state index in [0.717, 1.165) is 19.3 Å². The summed E-state index contributed by atoms with van der Waals surface area (Å²) in [7, 11) is 0. The fraction of sp³-hybridized carbons (Fsp3) is 0.250. The number of amides is 1. The van der Waals surface area contributed by atoms with Crippen LogP contribution in [-0.2, 0) is 19.4 Å². The van der Waals surface area contributed by atoms with E-state index in [2.05, 4.69) is 5.32 Å². The quantitative estimate of drug-likeness (QED) is 0.904. The van der Waals surface area contributed by atoms with Crippen LogP contribution in [0.2, 0.25) is 0 Å². The van der Waals surface area contributed by atoms with Crippen LogP contribution >= 0.6 is 0 Å². The van der Waals surface area contributed by atoms with Crippen molar-refractivity contribution in [3.8, 4) is 0 Å². The van der Waals surface area contributed by atoms with E-state index in [9.17, 15) is 9.59 Å². The second kappa shape index (κ2) is 5.44. The maximum Gasteiger partial charge on any atom is 0.371 e. The molecule has 108 valence electrons. The number of fused-ring (bicyclic) bond motifs is 1. The second-order valence-electron chi connectivity index (χ2n) is 5.09. The Morgan fingerprint density at radius 3 is 2.71 bits per heavy atom. The van der Waals surface area contributed by atoms with Crippen molar-refractivity contribution in [2.45, 2.75) is 25.8 Å². The molecular formula is C16H15NO4. The number of furan rings is 1. The predicted molar refractivity (Wildman–Crippen MR) is 75.3 cm³/mol. The zero-order chi connectivity index (χ0) is 14.8. The average molecular weight is 285 g/mol. The summed E-state index contributed by atoms with van der Waals surface area (Å²) in [5, 5.41) is 11.5. The first kappa shape index (κ1) is 13.4. The van der Waals surface area contributed by atoms with E-state index < -0.39 is 5.97 Å². The number of carboxylic acid groups (broad SMARTS) is 1. The maximum atomic E-state index is 12.1. The van der Waals surface area contributed by atoms with Crippen LogP contribution in [0.1, 0.15) is 44.2 Å². The first-order valence-corrected chi connectivity index (χ1v) is 6.85. The van der Waals surface area contributed by atoms with E-state index in [1.165, 1.54) is 17.2 Å². The summed E-state index contributed by atoms with van der Waals surface area (Å²) in [6.45, 7) is 0.170. The Bertz CT molecular complexity index is 702. The van der Waals surface area contributed by atoms with Crippen molar-refractivity contribution in [2.24, 2.45) is 0 Å². The molecule has 0 radical (unpaired) electrons. The standard InChI is InChI=1S/C16H15NO4/c18-15(12-5-4-10-2-1-3-11(10)8-12)17-9-13-6-7-14(21-13)16(19)20/h4-8H,1-3,9H2,(H,17,18)(H,19,20). The first-order valence-electron chi connectivity index (χ1n) is 6.85. The topological polar surface area (TPSA) is 79.5 Å². The molecule has 0 spiro atoms. The van der Waals surface area contributed by atoms with Crippen molar-refractivity contribution in [1.82, 2.24) is 5.32 Å². The van der Waals surface area contributed by atoms with Gasteiger partial charge in [0.05, 0.1) is 6.54 Å². The normalized spacial score (nSPS) is 13.0. The van der Waals surface area contributed by atoms with Gasteiger partial charge in [-0.05, 0) is 54.7 Å². The number of benzene rings is 1. The van der Waals surface area contributed by atoms with Gasteiger partial charge in [0.2, 0.25) is 5.76 Å². The van der Waals surface area contributed by atoms with Crippen LogP contribution in [0, 0.1) is 0 Å². The lowest BCUT2D eigenvalue weighted by Crippen LogP contribution is -2.22. The van der Waals surface area contributed by atoms with Gasteiger partial charge in [0.1, 0.15) is 5.76 Å². The maximum absolute atomic E-state index is 12.1. The van der Waals surface area contributed by atoms with E-state index in [1.54, 1.807) is 6.07 Å². The minimum absolute atomic E-state index is 0.128. The van der Waals surface area contributed by atoms with Crippen LogP contribution < -0.4 is 5.32 Å². The molecule has 21 heavy (non-hydrogen) atoms. The van der Waals surface area contributed by atoms with Crippen LogP contribution in [0.25, 0.3) is 0 Å². The Labute approximate surface area is 121 Å². The molecule has 0 saturated carbocycles. The first-order chi connectivity index (χ1) is 10.1. The number of carboxylic acids is 1. The smallest absolute Gasteiger partial charge is 0.371 e.